The number of benzene rings is 3. The zero-order valence-electron chi connectivity index (χ0n) is 31.3. The molecule has 19 heteroatoms. The molecule has 1 fully saturated rings. The van der Waals surface area contributed by atoms with Crippen LogP contribution in [0.25, 0.3) is 21.5 Å². The molecule has 5 N–H and O–H groups in total. The van der Waals surface area contributed by atoms with E-state index in [0.29, 0.717) is 32.8 Å². The number of ether oxygens (including phenoxy) is 3. The second-order valence-corrected chi connectivity index (χ2v) is 13.5. The Morgan fingerprint density at radius 3 is 2.50 bits per heavy atom. The van der Waals surface area contributed by atoms with Crippen LogP contribution in [0.1, 0.15) is 51.9 Å². The Bertz CT molecular complexity index is 2530. The van der Waals surface area contributed by atoms with Crippen molar-refractivity contribution >= 4 is 46.2 Å². The van der Waals surface area contributed by atoms with Crippen molar-refractivity contribution in [1.82, 2.24) is 19.5 Å². The third-order valence-electron chi connectivity index (χ3n) is 8.64. The van der Waals surface area contributed by atoms with E-state index in [9.17, 15) is 24.0 Å². The number of thiophene rings is 1. The number of aromatic nitrogens is 4. The van der Waals surface area contributed by atoms with Gasteiger partial charge in [-0.1, -0.05) is 41.5 Å². The van der Waals surface area contributed by atoms with Crippen LogP contribution in [-0.2, 0) is 14.3 Å². The van der Waals surface area contributed by atoms with Crippen LogP contribution in [0, 0.1) is 6.92 Å². The second-order valence-electron chi connectivity index (χ2n) is 12.6. The van der Waals surface area contributed by atoms with Crippen LogP contribution in [0.3, 0.4) is 0 Å². The topological polar surface area (TPSA) is 264 Å². The fourth-order valence-electron chi connectivity index (χ4n) is 5.56. The molecule has 0 spiro atoms. The van der Waals surface area contributed by atoms with Gasteiger partial charge in [-0.3, -0.25) is 29.3 Å². The number of aliphatic hydroxyl groups excluding tert-OH is 1. The number of imidazole rings is 1. The Labute approximate surface area is 333 Å². The van der Waals surface area contributed by atoms with Gasteiger partial charge in [-0.2, -0.15) is 0 Å². The van der Waals surface area contributed by atoms with Gasteiger partial charge in [0, 0.05) is 28.7 Å². The molecule has 6 aromatic rings. The van der Waals surface area contributed by atoms with Gasteiger partial charge in [0.25, 0.3) is 5.56 Å². The van der Waals surface area contributed by atoms with Crippen molar-refractivity contribution in [2.24, 2.45) is 5.11 Å². The molecule has 1 aliphatic heterocycles. The monoisotopic (exact) mass is 810 g/mol. The number of H-pyrrole nitrogens is 2. The number of amides is 1. The lowest BCUT2D eigenvalue weighted by molar-refractivity contribution is -0.138. The summed E-state index contributed by atoms with van der Waals surface area (Å²) in [5.41, 5.74) is 10.4. The minimum atomic E-state index is -0.841. The van der Waals surface area contributed by atoms with Gasteiger partial charge in [0.2, 0.25) is 11.7 Å². The highest BCUT2D eigenvalue weighted by molar-refractivity contribution is 7.12. The van der Waals surface area contributed by atoms with Crippen molar-refractivity contribution in [1.29, 1.82) is 0 Å². The summed E-state index contributed by atoms with van der Waals surface area (Å²) in [4.78, 5) is 70.0. The van der Waals surface area contributed by atoms with Gasteiger partial charge >= 0.3 is 17.8 Å². The summed E-state index contributed by atoms with van der Waals surface area (Å²) in [6.07, 6.45) is -0.279. The molecular weight excluding hydrogens is 773 g/mol. The first-order valence-electron chi connectivity index (χ1n) is 17.5. The number of carbonyl (C=O) groups is 3. The highest BCUT2D eigenvalue weighted by atomic mass is 32.1. The number of rotatable bonds is 10. The number of carboxylic acid groups (broad SMARTS) is 1. The molecule has 7 rings (SSSR count). The number of aliphatic carboxylic acids is 1. The first-order chi connectivity index (χ1) is 27.9. The van der Waals surface area contributed by atoms with E-state index in [1.165, 1.54) is 29.2 Å². The first kappa shape index (κ1) is 42.1. The number of hydrogen-bond donors (Lipinski definition) is 5. The predicted octanol–water partition coefficient (Wildman–Crippen LogP) is 6.50. The smallest absolute Gasteiger partial charge is 0.413 e. The molecule has 58 heavy (non-hydrogen) atoms. The molecule has 3 aromatic heterocycles. The Morgan fingerprint density at radius 2 is 1.83 bits per heavy atom. The third-order valence-corrected chi connectivity index (χ3v) is 9.51. The highest BCUT2D eigenvalue weighted by Gasteiger charge is 2.35. The molecule has 4 atom stereocenters. The molecule has 4 heterocycles. The minimum absolute atomic E-state index is 0.0380. The summed E-state index contributed by atoms with van der Waals surface area (Å²) in [6.45, 7) is 2.92. The molecule has 0 saturated carbocycles. The summed E-state index contributed by atoms with van der Waals surface area (Å²) >= 11 is 1.40. The number of hydrogen-bond acceptors (Lipinski definition) is 12. The summed E-state index contributed by atoms with van der Waals surface area (Å²) in [7, 11) is 1.27. The molecule has 3 aromatic carbocycles. The van der Waals surface area contributed by atoms with E-state index < -0.39 is 47.6 Å². The molecule has 1 amide bonds. The maximum atomic E-state index is 12.3. The number of aryl methyl sites for hydroxylation is 1. The van der Waals surface area contributed by atoms with E-state index in [-0.39, 0.29) is 24.8 Å². The molecule has 1 aliphatic rings. The molecule has 1 saturated heterocycles. The van der Waals surface area contributed by atoms with Crippen molar-refractivity contribution in [3.63, 3.8) is 0 Å². The maximum absolute atomic E-state index is 12.3. The van der Waals surface area contributed by atoms with Gasteiger partial charge in [0.15, 0.2) is 0 Å². The fraction of sp³-hybridized carbons (Fsp3) is 0.231. The van der Waals surface area contributed by atoms with Crippen molar-refractivity contribution in [2.45, 2.75) is 44.6 Å². The molecule has 1 unspecified atom stereocenters. The fourth-order valence-corrected chi connectivity index (χ4v) is 6.25. The van der Waals surface area contributed by atoms with E-state index in [4.69, 9.17) is 25.2 Å². The van der Waals surface area contributed by atoms with Crippen LogP contribution in [-0.4, -0.2) is 73.4 Å². The van der Waals surface area contributed by atoms with Gasteiger partial charge in [0.1, 0.15) is 17.7 Å². The number of carbonyl (C=O) groups excluding carboxylic acids is 2. The van der Waals surface area contributed by atoms with Crippen molar-refractivity contribution in [3.05, 3.63) is 149 Å². The number of para-hydroxylation sites is 1. The van der Waals surface area contributed by atoms with Crippen LogP contribution in [0.2, 0.25) is 0 Å². The normalized spacial score (nSPS) is 16.0. The molecule has 0 aliphatic carbocycles. The number of nitrogens with zero attached hydrogens (tertiary/aromatic N) is 5. The van der Waals surface area contributed by atoms with Gasteiger partial charge in [-0.05, 0) is 78.9 Å². The maximum Gasteiger partial charge on any atom is 0.413 e. The Kier molecular flexibility index (Phi) is 14.3. The first-order valence-corrected chi connectivity index (χ1v) is 18.4. The standard InChI is InChI=1S/C15H14O3.C14H11N3O3S.C10H13N5O4/c1-11(15(16)17)12-6-5-9-14(10-12)18-13-7-3-2-4-8-13;1-20-14(19)17-13-15-9-5-4-8(7-10(9)16-13)12(18)11-3-2-6-21-11;1-5-3-15(10(18)12-9(5)17)8-2-6(13-14-11)7(4-16)19-8/h2-11H,1H3,(H,16,17);2-7H,1H3,(H2,15,16,17,19);3,6-8,16H,2,4H2,1H3,(H,12,17,18)/t;;6-,7+,8+/m..0/s1. The van der Waals surface area contributed by atoms with Crippen LogP contribution in [0.5, 0.6) is 11.5 Å². The van der Waals surface area contributed by atoms with Crippen LogP contribution < -0.4 is 21.3 Å². The van der Waals surface area contributed by atoms with Gasteiger partial charge in [-0.25, -0.2) is 14.6 Å². The van der Waals surface area contributed by atoms with Gasteiger partial charge in [-0.15, -0.1) is 11.3 Å². The molecule has 18 nitrogen and oxygen atoms in total. The average Bonchev–Trinajstić information content (AvgIpc) is 4.00. The number of carboxylic acids is 1. The lowest BCUT2D eigenvalue weighted by Crippen LogP contribution is -2.33. The Balaban J connectivity index is 0.000000166. The zero-order valence-corrected chi connectivity index (χ0v) is 32.1. The van der Waals surface area contributed by atoms with E-state index >= 15 is 0 Å². The van der Waals surface area contributed by atoms with Crippen LogP contribution in [0.15, 0.2) is 111 Å². The third kappa shape index (κ3) is 10.8. The van der Waals surface area contributed by atoms with Crippen molar-refractivity contribution in [3.8, 4) is 11.5 Å². The number of fused-ring (bicyclic) bond motifs is 1. The number of aliphatic hydroxyl groups is 1. The lowest BCUT2D eigenvalue weighted by Gasteiger charge is -2.14. The second kappa shape index (κ2) is 19.7. The summed E-state index contributed by atoms with van der Waals surface area (Å²) in [6, 6.07) is 24.8. The highest BCUT2D eigenvalue weighted by Crippen LogP contribution is 2.30. The number of azide groups is 1. The molecule has 300 valence electrons. The Hall–Kier alpha value is -7.05. The summed E-state index contributed by atoms with van der Waals surface area (Å²) in [5, 5.41) is 26.0. The quantitative estimate of drug-likeness (QED) is 0.0431. The van der Waals surface area contributed by atoms with E-state index in [0.717, 1.165) is 11.3 Å². The summed E-state index contributed by atoms with van der Waals surface area (Å²) in [5.74, 6) is 0.238. The number of nitrogens with one attached hydrogen (secondary N) is 3. The number of anilines is 1. The number of aromatic amines is 2. The molecular formula is C39H38N8O10S. The lowest BCUT2D eigenvalue weighted by atomic mass is 10.0. The largest absolute Gasteiger partial charge is 0.481 e. The van der Waals surface area contributed by atoms with Crippen molar-refractivity contribution < 1.29 is 38.8 Å². The summed E-state index contributed by atoms with van der Waals surface area (Å²) < 4.78 is 16.8. The van der Waals surface area contributed by atoms with E-state index in [1.54, 1.807) is 56.3 Å². The number of ketones is 1. The van der Waals surface area contributed by atoms with Gasteiger partial charge in [0.05, 0.1) is 47.7 Å². The van der Waals surface area contributed by atoms with Crippen LogP contribution in [0.4, 0.5) is 10.7 Å². The van der Waals surface area contributed by atoms with Crippen LogP contribution >= 0.6 is 11.3 Å². The Morgan fingerprint density at radius 1 is 1.07 bits per heavy atom. The van der Waals surface area contributed by atoms with E-state index in [2.05, 4.69) is 35.0 Å². The molecule has 0 radical (unpaired) electrons. The van der Waals surface area contributed by atoms with Crippen molar-refractivity contribution in [2.75, 3.05) is 19.0 Å². The minimum Gasteiger partial charge on any atom is -0.481 e. The average molecular weight is 811 g/mol. The van der Waals surface area contributed by atoms with Gasteiger partial charge < -0.3 is 29.4 Å². The number of methoxy groups -OCH3 is 1. The zero-order chi connectivity index (χ0) is 41.8. The SMILES string of the molecule is CC(C(=O)O)c1cccc(Oc2ccccc2)c1.COC(=O)Nc1nc2ccc(C(=O)c3cccs3)cc2[nH]1.Cc1cn([C@H]2C[C@H](N=[N+]=[N-])[C@@H](CO)O2)c(=O)[nH]c1=O. The van der Waals surface area contributed by atoms with E-state index in [1.807, 2.05) is 47.8 Å². The predicted molar refractivity (Wildman–Crippen MR) is 213 cm³/mol. The molecule has 0 bridgehead atoms.